The smallest absolute Gasteiger partial charge is 0.173 e. The van der Waals surface area contributed by atoms with Crippen molar-refractivity contribution in [3.8, 4) is 5.75 Å². The highest BCUT2D eigenvalue weighted by atomic mass is 19.1. The molecule has 0 aromatic heterocycles. The molecule has 0 aliphatic rings. The number of halogens is 1. The fourth-order valence-electron chi connectivity index (χ4n) is 1.91. The lowest BCUT2D eigenvalue weighted by atomic mass is 10.1. The number of hydrogen-bond donors (Lipinski definition) is 3. The van der Waals surface area contributed by atoms with Crippen LogP contribution < -0.4 is 15.8 Å². The summed E-state index contributed by atoms with van der Waals surface area (Å²) in [5, 5.41) is 14.7. The molecule has 2 aromatic rings. The molecular weight excluding hydrogens is 273 g/mol. The van der Waals surface area contributed by atoms with Crippen molar-refractivity contribution in [1.29, 1.82) is 0 Å². The van der Waals surface area contributed by atoms with Gasteiger partial charge in [0, 0.05) is 6.54 Å². The summed E-state index contributed by atoms with van der Waals surface area (Å²) < 4.78 is 18.7. The van der Waals surface area contributed by atoms with Gasteiger partial charge in [0.25, 0.3) is 0 Å². The Balaban J connectivity index is 2.17. The molecule has 0 radical (unpaired) electrons. The third-order valence-electron chi connectivity index (χ3n) is 3.01. The topological polar surface area (TPSA) is 79.9 Å². The van der Waals surface area contributed by atoms with Crippen molar-refractivity contribution in [3.63, 3.8) is 0 Å². The number of anilines is 1. The van der Waals surface area contributed by atoms with Crippen LogP contribution in [0.15, 0.2) is 47.6 Å². The third-order valence-corrected chi connectivity index (χ3v) is 3.01. The number of rotatable bonds is 5. The summed E-state index contributed by atoms with van der Waals surface area (Å²) in [6.07, 6.45) is 0. The van der Waals surface area contributed by atoms with Crippen LogP contribution in [-0.2, 0) is 6.54 Å². The second-order valence-corrected chi connectivity index (χ2v) is 4.35. The van der Waals surface area contributed by atoms with E-state index in [9.17, 15) is 4.39 Å². The lowest BCUT2D eigenvalue weighted by Gasteiger charge is -2.11. The Morgan fingerprint density at radius 3 is 2.76 bits per heavy atom. The van der Waals surface area contributed by atoms with Crippen molar-refractivity contribution in [1.82, 2.24) is 0 Å². The molecule has 4 N–H and O–H groups in total. The fraction of sp³-hybridized carbons (Fsp3) is 0.133. The maximum absolute atomic E-state index is 13.5. The van der Waals surface area contributed by atoms with Gasteiger partial charge in [-0.1, -0.05) is 23.4 Å². The van der Waals surface area contributed by atoms with Crippen molar-refractivity contribution >= 4 is 11.5 Å². The first-order valence-corrected chi connectivity index (χ1v) is 6.29. The van der Waals surface area contributed by atoms with Gasteiger partial charge in [-0.2, -0.15) is 0 Å². The van der Waals surface area contributed by atoms with E-state index in [4.69, 9.17) is 15.7 Å². The van der Waals surface area contributed by atoms with Crippen LogP contribution in [-0.4, -0.2) is 18.2 Å². The number of benzene rings is 2. The fourth-order valence-corrected chi connectivity index (χ4v) is 1.91. The van der Waals surface area contributed by atoms with E-state index >= 15 is 0 Å². The molecule has 0 spiro atoms. The van der Waals surface area contributed by atoms with Crippen LogP contribution in [0.4, 0.5) is 10.1 Å². The van der Waals surface area contributed by atoms with Gasteiger partial charge >= 0.3 is 0 Å². The van der Waals surface area contributed by atoms with Gasteiger partial charge in [-0.05, 0) is 29.8 Å². The molecule has 2 aromatic carbocycles. The summed E-state index contributed by atoms with van der Waals surface area (Å²) in [6, 6.07) is 11.7. The number of nitrogens with zero attached hydrogens (tertiary/aromatic N) is 1. The second kappa shape index (κ2) is 6.60. The number of oxime groups is 1. The number of methoxy groups -OCH3 is 1. The van der Waals surface area contributed by atoms with Gasteiger partial charge in [0.2, 0.25) is 0 Å². The van der Waals surface area contributed by atoms with Crippen molar-refractivity contribution in [2.24, 2.45) is 10.9 Å². The maximum atomic E-state index is 13.5. The van der Waals surface area contributed by atoms with E-state index in [0.29, 0.717) is 23.5 Å². The number of nitrogens with two attached hydrogens (primary N) is 1. The van der Waals surface area contributed by atoms with Crippen molar-refractivity contribution in [3.05, 3.63) is 59.4 Å². The summed E-state index contributed by atoms with van der Waals surface area (Å²) in [6.45, 7) is 0.424. The SMILES string of the molecule is COc1cc(CNc2ccccc2F)ccc1/C(N)=N/O. The highest BCUT2D eigenvalue weighted by molar-refractivity contribution is 5.99. The highest BCUT2D eigenvalue weighted by Crippen LogP contribution is 2.21. The normalized spacial score (nSPS) is 11.2. The Bertz CT molecular complexity index is 659. The molecule has 6 heteroatoms. The zero-order valence-electron chi connectivity index (χ0n) is 11.5. The molecule has 0 bridgehead atoms. The minimum absolute atomic E-state index is 0.0273. The van der Waals surface area contributed by atoms with Gasteiger partial charge in [-0.25, -0.2) is 4.39 Å². The number of ether oxygens (including phenoxy) is 1. The second-order valence-electron chi connectivity index (χ2n) is 4.35. The Morgan fingerprint density at radius 1 is 1.33 bits per heavy atom. The summed E-state index contributed by atoms with van der Waals surface area (Å²) >= 11 is 0. The average Bonchev–Trinajstić information content (AvgIpc) is 2.53. The largest absolute Gasteiger partial charge is 0.496 e. The number of hydrogen-bond acceptors (Lipinski definition) is 4. The van der Waals surface area contributed by atoms with Crippen LogP contribution in [0.3, 0.4) is 0 Å². The standard InChI is InChI=1S/C15H16FN3O2/c1-21-14-8-10(6-7-11(14)15(17)19-20)9-18-13-5-3-2-4-12(13)16/h2-8,18,20H,9H2,1H3,(H2,17,19). The molecule has 0 aliphatic carbocycles. The Hall–Kier alpha value is -2.76. The van der Waals surface area contributed by atoms with Crippen LogP contribution in [0.25, 0.3) is 0 Å². The molecule has 0 heterocycles. The van der Waals surface area contributed by atoms with E-state index in [1.54, 1.807) is 36.4 Å². The molecule has 0 atom stereocenters. The lowest BCUT2D eigenvalue weighted by molar-refractivity contribution is 0.318. The van der Waals surface area contributed by atoms with E-state index in [0.717, 1.165) is 5.56 Å². The number of para-hydroxylation sites is 1. The van der Waals surface area contributed by atoms with E-state index in [2.05, 4.69) is 10.5 Å². The molecular formula is C15H16FN3O2. The predicted molar refractivity (Wildman–Crippen MR) is 79.2 cm³/mol. The maximum Gasteiger partial charge on any atom is 0.173 e. The van der Waals surface area contributed by atoms with Crippen LogP contribution in [0.2, 0.25) is 0 Å². The van der Waals surface area contributed by atoms with Crippen LogP contribution in [0.5, 0.6) is 5.75 Å². The first-order chi connectivity index (χ1) is 10.2. The summed E-state index contributed by atoms with van der Waals surface area (Å²) in [5.41, 5.74) is 7.36. The van der Waals surface area contributed by atoms with Crippen molar-refractivity contribution in [2.45, 2.75) is 6.54 Å². The zero-order valence-corrected chi connectivity index (χ0v) is 11.5. The van der Waals surface area contributed by atoms with E-state index in [1.165, 1.54) is 13.2 Å². The van der Waals surface area contributed by atoms with E-state index < -0.39 is 0 Å². The van der Waals surface area contributed by atoms with Crippen LogP contribution in [0.1, 0.15) is 11.1 Å². The molecule has 0 amide bonds. The summed E-state index contributed by atoms with van der Waals surface area (Å²) in [5.74, 6) is 0.149. The summed E-state index contributed by atoms with van der Waals surface area (Å²) in [4.78, 5) is 0. The van der Waals surface area contributed by atoms with Crippen molar-refractivity contribution in [2.75, 3.05) is 12.4 Å². The van der Waals surface area contributed by atoms with Gasteiger partial charge in [0.1, 0.15) is 11.6 Å². The quantitative estimate of drug-likeness (QED) is 0.342. The van der Waals surface area contributed by atoms with E-state index in [-0.39, 0.29) is 11.7 Å². The predicted octanol–water partition coefficient (Wildman–Crippen LogP) is 2.54. The molecule has 21 heavy (non-hydrogen) atoms. The minimum atomic E-state index is -0.308. The van der Waals surface area contributed by atoms with Gasteiger partial charge in [0.05, 0.1) is 18.4 Å². The molecule has 0 unspecified atom stereocenters. The number of amidine groups is 1. The van der Waals surface area contributed by atoms with Crippen LogP contribution in [0, 0.1) is 5.82 Å². The first-order valence-electron chi connectivity index (χ1n) is 6.29. The van der Waals surface area contributed by atoms with Gasteiger partial charge in [-0.3, -0.25) is 0 Å². The molecule has 0 fully saturated rings. The molecule has 0 saturated carbocycles. The molecule has 0 aliphatic heterocycles. The lowest BCUT2D eigenvalue weighted by Crippen LogP contribution is -2.14. The third kappa shape index (κ3) is 3.42. The highest BCUT2D eigenvalue weighted by Gasteiger charge is 2.09. The average molecular weight is 289 g/mol. The number of nitrogens with one attached hydrogen (secondary N) is 1. The van der Waals surface area contributed by atoms with Gasteiger partial charge in [0.15, 0.2) is 5.84 Å². The molecule has 2 rings (SSSR count). The van der Waals surface area contributed by atoms with Gasteiger partial charge < -0.3 is 21.0 Å². The monoisotopic (exact) mass is 289 g/mol. The molecule has 5 nitrogen and oxygen atoms in total. The van der Waals surface area contributed by atoms with Crippen LogP contribution >= 0.6 is 0 Å². The van der Waals surface area contributed by atoms with Crippen molar-refractivity contribution < 1.29 is 14.3 Å². The molecule has 110 valence electrons. The van der Waals surface area contributed by atoms with Gasteiger partial charge in [-0.15, -0.1) is 0 Å². The Labute approximate surface area is 121 Å². The Morgan fingerprint density at radius 2 is 2.10 bits per heavy atom. The zero-order chi connectivity index (χ0) is 15.2. The Kier molecular flexibility index (Phi) is 4.61. The first kappa shape index (κ1) is 14.6. The minimum Gasteiger partial charge on any atom is -0.496 e. The molecule has 0 saturated heterocycles. The van der Waals surface area contributed by atoms with E-state index in [1.807, 2.05) is 0 Å². The summed E-state index contributed by atoms with van der Waals surface area (Å²) in [7, 11) is 1.50.